The highest BCUT2D eigenvalue weighted by Crippen LogP contribution is 2.44. The summed E-state index contributed by atoms with van der Waals surface area (Å²) >= 11 is 0. The molecule has 2 aromatic carbocycles. The highest BCUT2D eigenvalue weighted by Gasteiger charge is 2.50. The molecule has 3 aliphatic rings. The van der Waals surface area contributed by atoms with E-state index < -0.39 is 5.72 Å². The zero-order valence-electron chi connectivity index (χ0n) is 13.0. The van der Waals surface area contributed by atoms with Gasteiger partial charge in [0.05, 0.1) is 11.4 Å². The number of para-hydroxylation sites is 1. The summed E-state index contributed by atoms with van der Waals surface area (Å²) in [6.45, 7) is 1.96. The summed E-state index contributed by atoms with van der Waals surface area (Å²) < 4.78 is 0. The smallest absolute Gasteiger partial charge is 0.246 e. The predicted molar refractivity (Wildman–Crippen MR) is 94.4 cm³/mol. The van der Waals surface area contributed by atoms with Gasteiger partial charge in [0.1, 0.15) is 0 Å². The standard InChI is InChI=1S/C19H14N4O/c1-12-6-2-4-8-14(12)19(24)17-21-15-9-5-3-7-13(15)16-10-11-20-18(22-19)23(16)17/h2-11,24H,1H3. The van der Waals surface area contributed by atoms with E-state index in [1.807, 2.05) is 66.4 Å². The van der Waals surface area contributed by atoms with Gasteiger partial charge in [-0.3, -0.25) is 4.90 Å². The van der Waals surface area contributed by atoms with Crippen LogP contribution in [-0.4, -0.2) is 28.0 Å². The molecular weight excluding hydrogens is 300 g/mol. The second-order valence-electron chi connectivity index (χ2n) is 6.02. The Morgan fingerprint density at radius 3 is 2.71 bits per heavy atom. The maximum absolute atomic E-state index is 11.5. The van der Waals surface area contributed by atoms with Crippen molar-refractivity contribution < 1.29 is 5.11 Å². The van der Waals surface area contributed by atoms with E-state index in [0.29, 0.717) is 11.8 Å². The summed E-state index contributed by atoms with van der Waals surface area (Å²) in [5, 5.41) is 11.5. The van der Waals surface area contributed by atoms with Crippen molar-refractivity contribution >= 4 is 29.4 Å². The summed E-state index contributed by atoms with van der Waals surface area (Å²) in [4.78, 5) is 15.4. The molecule has 5 nitrogen and oxygen atoms in total. The van der Waals surface area contributed by atoms with Crippen LogP contribution in [0.4, 0.5) is 5.69 Å². The lowest BCUT2D eigenvalue weighted by atomic mass is 9.95. The van der Waals surface area contributed by atoms with Crippen molar-refractivity contribution in [3.63, 3.8) is 0 Å². The van der Waals surface area contributed by atoms with Crippen molar-refractivity contribution in [2.75, 3.05) is 0 Å². The quantitative estimate of drug-likeness (QED) is 0.879. The van der Waals surface area contributed by atoms with E-state index in [1.165, 1.54) is 0 Å². The molecule has 5 rings (SSSR count). The van der Waals surface area contributed by atoms with Gasteiger partial charge in [0.2, 0.25) is 11.7 Å². The minimum absolute atomic E-state index is 0.464. The van der Waals surface area contributed by atoms with E-state index in [4.69, 9.17) is 4.99 Å². The molecule has 3 aliphatic heterocycles. The van der Waals surface area contributed by atoms with Gasteiger partial charge in [0.15, 0.2) is 5.84 Å². The number of allylic oxidation sites excluding steroid dienone is 1. The highest BCUT2D eigenvalue weighted by atomic mass is 16.3. The molecule has 1 atom stereocenters. The van der Waals surface area contributed by atoms with Crippen molar-refractivity contribution in [2.45, 2.75) is 12.6 Å². The number of nitrogens with zero attached hydrogens (tertiary/aromatic N) is 4. The molecule has 1 N–H and O–H groups in total. The topological polar surface area (TPSA) is 60.6 Å². The first-order valence-electron chi connectivity index (χ1n) is 7.80. The fourth-order valence-electron chi connectivity index (χ4n) is 3.44. The largest absolute Gasteiger partial charge is 0.359 e. The van der Waals surface area contributed by atoms with E-state index >= 15 is 0 Å². The Bertz CT molecular complexity index is 1000. The Kier molecular flexibility index (Phi) is 2.51. The van der Waals surface area contributed by atoms with Crippen molar-refractivity contribution in [3.8, 4) is 0 Å². The van der Waals surface area contributed by atoms with Gasteiger partial charge in [-0.1, -0.05) is 42.5 Å². The van der Waals surface area contributed by atoms with Crippen LogP contribution >= 0.6 is 0 Å². The third-order valence-corrected chi connectivity index (χ3v) is 4.58. The van der Waals surface area contributed by atoms with Crippen molar-refractivity contribution in [2.24, 2.45) is 15.0 Å². The molecular formula is C19H14N4O. The summed E-state index contributed by atoms with van der Waals surface area (Å²) in [6.07, 6.45) is 3.64. The Morgan fingerprint density at radius 2 is 1.83 bits per heavy atom. The molecule has 0 radical (unpaired) electrons. The average molecular weight is 314 g/mol. The third-order valence-electron chi connectivity index (χ3n) is 4.58. The van der Waals surface area contributed by atoms with Crippen LogP contribution in [0.5, 0.6) is 0 Å². The average Bonchev–Trinajstić information content (AvgIpc) is 2.90. The van der Waals surface area contributed by atoms with Gasteiger partial charge in [-0.2, -0.15) is 0 Å². The van der Waals surface area contributed by atoms with Crippen molar-refractivity contribution in [1.82, 2.24) is 4.90 Å². The minimum Gasteiger partial charge on any atom is -0.359 e. The number of aryl methyl sites for hydroxylation is 1. The van der Waals surface area contributed by atoms with E-state index in [0.717, 1.165) is 28.1 Å². The van der Waals surface area contributed by atoms with Gasteiger partial charge in [-0.15, -0.1) is 0 Å². The number of aliphatic imine (C=N–C) groups is 3. The molecule has 3 heterocycles. The minimum atomic E-state index is -1.53. The number of guanidine groups is 1. The molecule has 5 heteroatoms. The molecule has 116 valence electrons. The Balaban J connectivity index is 1.82. The van der Waals surface area contributed by atoms with Crippen LogP contribution in [0, 0.1) is 6.92 Å². The fraction of sp³-hybridized carbons (Fsp3) is 0.105. The van der Waals surface area contributed by atoms with Crippen LogP contribution < -0.4 is 0 Å². The molecule has 0 aromatic heterocycles. The van der Waals surface area contributed by atoms with Crippen LogP contribution in [0.3, 0.4) is 0 Å². The number of hydrogen-bond donors (Lipinski definition) is 1. The molecule has 0 saturated heterocycles. The van der Waals surface area contributed by atoms with Crippen LogP contribution in [0.1, 0.15) is 16.7 Å². The van der Waals surface area contributed by atoms with E-state index in [-0.39, 0.29) is 0 Å². The Labute approximate surface area is 139 Å². The van der Waals surface area contributed by atoms with E-state index in [2.05, 4.69) is 9.98 Å². The van der Waals surface area contributed by atoms with Gasteiger partial charge in [0.25, 0.3) is 0 Å². The molecule has 0 saturated carbocycles. The first kappa shape index (κ1) is 13.4. The second-order valence-corrected chi connectivity index (χ2v) is 6.02. The van der Waals surface area contributed by atoms with Gasteiger partial charge in [-0.25, -0.2) is 15.0 Å². The van der Waals surface area contributed by atoms with E-state index in [9.17, 15) is 5.11 Å². The maximum atomic E-state index is 11.5. The molecule has 0 fully saturated rings. The summed E-state index contributed by atoms with van der Waals surface area (Å²) in [5.41, 5.74) is 2.92. The number of amidine groups is 1. The van der Waals surface area contributed by atoms with Crippen LogP contribution in [0.25, 0.3) is 5.70 Å². The number of rotatable bonds is 1. The highest BCUT2D eigenvalue weighted by molar-refractivity contribution is 6.22. The lowest BCUT2D eigenvalue weighted by Gasteiger charge is -2.32. The lowest BCUT2D eigenvalue weighted by Crippen LogP contribution is -2.42. The molecule has 0 amide bonds. The first-order chi connectivity index (χ1) is 11.7. The summed E-state index contributed by atoms with van der Waals surface area (Å²) in [7, 11) is 0. The number of fused-ring (bicyclic) bond motifs is 2. The fourth-order valence-corrected chi connectivity index (χ4v) is 3.44. The number of benzene rings is 2. The molecule has 0 bridgehead atoms. The first-order valence-corrected chi connectivity index (χ1v) is 7.80. The zero-order chi connectivity index (χ0) is 16.3. The Hall–Kier alpha value is -3.05. The monoisotopic (exact) mass is 314 g/mol. The van der Waals surface area contributed by atoms with Crippen LogP contribution in [0.2, 0.25) is 0 Å². The second kappa shape index (κ2) is 4.49. The molecule has 24 heavy (non-hydrogen) atoms. The van der Waals surface area contributed by atoms with Crippen LogP contribution in [-0.2, 0) is 5.72 Å². The van der Waals surface area contributed by atoms with E-state index in [1.54, 1.807) is 6.21 Å². The number of aliphatic hydroxyl groups is 1. The van der Waals surface area contributed by atoms with Gasteiger partial charge < -0.3 is 5.11 Å². The molecule has 0 aliphatic carbocycles. The van der Waals surface area contributed by atoms with Gasteiger partial charge >= 0.3 is 0 Å². The molecule has 0 spiro atoms. The zero-order valence-corrected chi connectivity index (χ0v) is 13.0. The molecule has 2 aromatic rings. The predicted octanol–water partition coefficient (Wildman–Crippen LogP) is 2.98. The summed E-state index contributed by atoms with van der Waals surface area (Å²) in [5.74, 6) is 0.945. The van der Waals surface area contributed by atoms with Crippen molar-refractivity contribution in [1.29, 1.82) is 0 Å². The number of hydrogen-bond acceptors (Lipinski definition) is 5. The lowest BCUT2D eigenvalue weighted by molar-refractivity contribution is 0.121. The maximum Gasteiger partial charge on any atom is 0.246 e. The normalized spacial score (nSPS) is 23.2. The van der Waals surface area contributed by atoms with Crippen LogP contribution in [0.15, 0.2) is 69.6 Å². The van der Waals surface area contributed by atoms with Gasteiger partial charge in [0, 0.05) is 17.3 Å². The Morgan fingerprint density at radius 1 is 1.04 bits per heavy atom. The van der Waals surface area contributed by atoms with Gasteiger partial charge in [-0.05, 0) is 24.6 Å². The SMILES string of the molecule is Cc1ccccc1C1(O)N=C2N=CC=C3c4ccccc4N=C1N32. The third kappa shape index (κ3) is 1.59. The molecule has 1 unspecified atom stereocenters. The van der Waals surface area contributed by atoms with Crippen molar-refractivity contribution in [3.05, 3.63) is 71.3 Å². The summed E-state index contributed by atoms with van der Waals surface area (Å²) in [6, 6.07) is 15.6.